The Morgan fingerprint density at radius 2 is 2.05 bits per heavy atom. The van der Waals surface area contributed by atoms with Gasteiger partial charge in [-0.25, -0.2) is 4.98 Å². The molecule has 0 aliphatic heterocycles. The highest BCUT2D eigenvalue weighted by atomic mass is 35.5. The minimum Gasteiger partial charge on any atom is -0.369 e. The number of nitrogens with two attached hydrogens (primary N) is 1. The lowest BCUT2D eigenvalue weighted by Gasteiger charge is -1.99. The molecule has 21 heavy (non-hydrogen) atoms. The number of thiophene rings is 1. The molecular weight excluding hydrogens is 308 g/mol. The van der Waals surface area contributed by atoms with E-state index in [-0.39, 0.29) is 12.4 Å². The van der Waals surface area contributed by atoms with Gasteiger partial charge in [-0.3, -0.25) is 0 Å². The molecule has 4 N–H and O–H groups in total. The van der Waals surface area contributed by atoms with Crippen molar-refractivity contribution in [2.24, 2.45) is 0 Å². The number of aromatic amines is 2. The lowest BCUT2D eigenvalue weighted by Crippen LogP contribution is -1.97. The van der Waals surface area contributed by atoms with E-state index in [2.05, 4.69) is 42.2 Å². The Morgan fingerprint density at radius 1 is 1.19 bits per heavy atom. The van der Waals surface area contributed by atoms with Crippen molar-refractivity contribution in [1.29, 1.82) is 0 Å². The molecule has 0 saturated carbocycles. The molecule has 3 rings (SSSR count). The summed E-state index contributed by atoms with van der Waals surface area (Å²) in [7, 11) is 0. The molecule has 0 aliphatic rings. The van der Waals surface area contributed by atoms with Crippen LogP contribution in [0.2, 0.25) is 0 Å². The largest absolute Gasteiger partial charge is 0.369 e. The summed E-state index contributed by atoms with van der Waals surface area (Å²) < 4.78 is 0. The number of anilines is 1. The van der Waals surface area contributed by atoms with E-state index in [0.717, 1.165) is 42.8 Å². The Labute approximate surface area is 132 Å². The van der Waals surface area contributed by atoms with E-state index < -0.39 is 0 Å². The van der Waals surface area contributed by atoms with Crippen LogP contribution in [0.4, 0.5) is 5.95 Å². The van der Waals surface area contributed by atoms with Crippen LogP contribution in [0.25, 0.3) is 0 Å². The Morgan fingerprint density at radius 3 is 2.76 bits per heavy atom. The Kier molecular flexibility index (Phi) is 5.35. The maximum Gasteiger partial charge on any atom is 0.197 e. The minimum absolute atomic E-state index is 0. The van der Waals surface area contributed by atoms with Crippen LogP contribution in [-0.4, -0.2) is 25.4 Å². The van der Waals surface area contributed by atoms with Gasteiger partial charge in [0.1, 0.15) is 0 Å². The summed E-state index contributed by atoms with van der Waals surface area (Å²) in [6.45, 7) is 0. The third-order valence-electron chi connectivity index (χ3n) is 3.16. The first-order valence-corrected chi connectivity index (χ1v) is 7.44. The second kappa shape index (κ2) is 7.24. The molecule has 3 heterocycles. The van der Waals surface area contributed by atoms with E-state index >= 15 is 0 Å². The van der Waals surface area contributed by atoms with Gasteiger partial charge in [-0.2, -0.15) is 26.7 Å². The van der Waals surface area contributed by atoms with Gasteiger partial charge in [0.15, 0.2) is 5.95 Å². The number of halogens is 1. The molecule has 0 fully saturated rings. The van der Waals surface area contributed by atoms with Gasteiger partial charge in [0.25, 0.3) is 0 Å². The SMILES string of the molecule is Cl.Nc1ncc(CCCc2n[nH]nc2Cc2ccsc2)[nH]1. The van der Waals surface area contributed by atoms with E-state index in [1.54, 1.807) is 17.5 Å². The number of imidazole rings is 1. The molecule has 0 saturated heterocycles. The molecule has 0 bridgehead atoms. The summed E-state index contributed by atoms with van der Waals surface area (Å²) in [5.74, 6) is 0.472. The van der Waals surface area contributed by atoms with E-state index in [1.807, 2.05) is 0 Å². The fourth-order valence-electron chi connectivity index (χ4n) is 2.15. The third-order valence-corrected chi connectivity index (χ3v) is 3.89. The summed E-state index contributed by atoms with van der Waals surface area (Å²) >= 11 is 1.70. The molecule has 0 spiro atoms. The number of hydrogen-bond acceptors (Lipinski definition) is 5. The van der Waals surface area contributed by atoms with Crippen LogP contribution in [-0.2, 0) is 19.3 Å². The number of aryl methyl sites for hydroxylation is 2. The standard InChI is InChI=1S/C13H16N6S.ClH/c14-13-15-7-10(16-13)2-1-3-11-12(18-19-17-11)6-9-4-5-20-8-9;/h4-5,7-8H,1-3,6H2,(H3,14,15,16)(H,17,18,19);1H. The monoisotopic (exact) mass is 324 g/mol. The summed E-state index contributed by atoms with van der Waals surface area (Å²) in [6.07, 6.45) is 5.42. The molecule has 0 radical (unpaired) electrons. The van der Waals surface area contributed by atoms with Crippen molar-refractivity contribution >= 4 is 29.7 Å². The van der Waals surface area contributed by atoms with Gasteiger partial charge in [0, 0.05) is 12.1 Å². The summed E-state index contributed by atoms with van der Waals surface area (Å²) in [4.78, 5) is 7.02. The smallest absolute Gasteiger partial charge is 0.197 e. The first kappa shape index (κ1) is 15.5. The maximum absolute atomic E-state index is 5.55. The fourth-order valence-corrected chi connectivity index (χ4v) is 2.82. The quantitative estimate of drug-likeness (QED) is 0.648. The number of hydrogen-bond donors (Lipinski definition) is 3. The molecule has 0 amide bonds. The van der Waals surface area contributed by atoms with Crippen LogP contribution in [0.1, 0.15) is 29.1 Å². The van der Waals surface area contributed by atoms with Gasteiger partial charge in [-0.1, -0.05) is 0 Å². The molecule has 0 atom stereocenters. The highest BCUT2D eigenvalue weighted by Crippen LogP contribution is 2.14. The number of H-pyrrole nitrogens is 2. The van der Waals surface area contributed by atoms with Crippen molar-refractivity contribution < 1.29 is 0 Å². The van der Waals surface area contributed by atoms with Crippen molar-refractivity contribution in [2.45, 2.75) is 25.7 Å². The zero-order chi connectivity index (χ0) is 13.8. The van der Waals surface area contributed by atoms with Crippen molar-refractivity contribution in [3.8, 4) is 0 Å². The molecule has 6 nitrogen and oxygen atoms in total. The first-order chi connectivity index (χ1) is 9.81. The Balaban J connectivity index is 0.00000161. The van der Waals surface area contributed by atoms with Crippen LogP contribution in [0.3, 0.4) is 0 Å². The van der Waals surface area contributed by atoms with Crippen LogP contribution < -0.4 is 5.73 Å². The van der Waals surface area contributed by atoms with Crippen LogP contribution in [0.15, 0.2) is 23.0 Å². The number of nitrogens with one attached hydrogen (secondary N) is 2. The number of rotatable bonds is 6. The summed E-state index contributed by atoms with van der Waals surface area (Å²) in [5, 5.41) is 15.5. The molecule has 3 aromatic rings. The fraction of sp³-hybridized carbons (Fsp3) is 0.308. The minimum atomic E-state index is 0. The lowest BCUT2D eigenvalue weighted by molar-refractivity contribution is 0.774. The van der Waals surface area contributed by atoms with Crippen LogP contribution >= 0.6 is 23.7 Å². The highest BCUT2D eigenvalue weighted by Gasteiger charge is 2.09. The van der Waals surface area contributed by atoms with E-state index in [4.69, 9.17) is 5.73 Å². The van der Waals surface area contributed by atoms with E-state index in [9.17, 15) is 0 Å². The van der Waals surface area contributed by atoms with Crippen molar-refractivity contribution in [1.82, 2.24) is 25.4 Å². The molecule has 0 unspecified atom stereocenters. The molecule has 112 valence electrons. The zero-order valence-corrected chi connectivity index (χ0v) is 13.0. The Hall–Kier alpha value is -1.86. The average Bonchev–Trinajstić information content (AvgIpc) is 3.15. The Bertz CT molecular complexity index is 660. The van der Waals surface area contributed by atoms with Gasteiger partial charge in [0.2, 0.25) is 0 Å². The van der Waals surface area contributed by atoms with Gasteiger partial charge in [-0.05, 0) is 41.7 Å². The van der Waals surface area contributed by atoms with Gasteiger partial charge >= 0.3 is 0 Å². The van der Waals surface area contributed by atoms with E-state index in [1.165, 1.54) is 5.56 Å². The predicted molar refractivity (Wildman–Crippen MR) is 85.8 cm³/mol. The third kappa shape index (κ3) is 4.05. The normalized spacial score (nSPS) is 10.5. The van der Waals surface area contributed by atoms with Crippen LogP contribution in [0.5, 0.6) is 0 Å². The average molecular weight is 325 g/mol. The number of nitrogen functional groups attached to an aromatic ring is 1. The zero-order valence-electron chi connectivity index (χ0n) is 11.4. The van der Waals surface area contributed by atoms with Crippen LogP contribution in [0, 0.1) is 0 Å². The lowest BCUT2D eigenvalue weighted by atomic mass is 10.1. The molecule has 0 aliphatic carbocycles. The molecule has 8 heteroatoms. The number of nitrogens with zero attached hydrogens (tertiary/aromatic N) is 3. The first-order valence-electron chi connectivity index (χ1n) is 6.50. The molecular formula is C13H17ClN6S. The van der Waals surface area contributed by atoms with Crippen molar-refractivity contribution in [2.75, 3.05) is 5.73 Å². The maximum atomic E-state index is 5.55. The van der Waals surface area contributed by atoms with Gasteiger partial charge in [0.05, 0.1) is 17.6 Å². The topological polar surface area (TPSA) is 96.3 Å². The predicted octanol–water partition coefficient (Wildman–Crippen LogP) is 2.36. The highest BCUT2D eigenvalue weighted by molar-refractivity contribution is 7.07. The van der Waals surface area contributed by atoms with Gasteiger partial charge < -0.3 is 10.7 Å². The van der Waals surface area contributed by atoms with E-state index in [0.29, 0.717) is 5.95 Å². The van der Waals surface area contributed by atoms with Gasteiger partial charge in [-0.15, -0.1) is 12.4 Å². The van der Waals surface area contributed by atoms with Crippen molar-refractivity contribution in [3.05, 3.63) is 45.7 Å². The summed E-state index contributed by atoms with van der Waals surface area (Å²) in [5.41, 5.74) is 9.98. The second-order valence-electron chi connectivity index (χ2n) is 4.67. The van der Waals surface area contributed by atoms with Crippen molar-refractivity contribution in [3.63, 3.8) is 0 Å². The summed E-state index contributed by atoms with van der Waals surface area (Å²) in [6, 6.07) is 2.12. The second-order valence-corrected chi connectivity index (χ2v) is 5.45. The number of aromatic nitrogens is 5. The molecule has 0 aromatic carbocycles. The molecule has 3 aromatic heterocycles.